The molecular weight excluding hydrogens is 256 g/mol. The molecule has 1 aromatic carbocycles. The Hall–Kier alpha value is -1.33. The van der Waals surface area contributed by atoms with E-state index >= 15 is 0 Å². The van der Waals surface area contributed by atoms with Crippen LogP contribution >= 0.6 is 11.8 Å². The summed E-state index contributed by atoms with van der Waals surface area (Å²) in [6, 6.07) is 10.7. The molecule has 0 atom stereocenters. The second kappa shape index (κ2) is 6.02. The van der Waals surface area contributed by atoms with E-state index in [0.717, 1.165) is 17.1 Å². The Bertz CT molecular complexity index is 496. The molecule has 0 aliphatic heterocycles. The van der Waals surface area contributed by atoms with Crippen LogP contribution in [0.1, 0.15) is 5.76 Å². The third-order valence-corrected chi connectivity index (χ3v) is 3.10. The summed E-state index contributed by atoms with van der Waals surface area (Å²) in [6.45, 7) is 0.666. The van der Waals surface area contributed by atoms with E-state index in [9.17, 15) is 8.78 Å². The zero-order valence-electron chi connectivity index (χ0n) is 9.82. The van der Waals surface area contributed by atoms with Gasteiger partial charge in [0.15, 0.2) is 0 Å². The Morgan fingerprint density at radius 3 is 2.50 bits per heavy atom. The molecule has 1 aromatic heterocycles. The van der Waals surface area contributed by atoms with Gasteiger partial charge < -0.3 is 9.73 Å². The number of rotatable bonds is 5. The quantitative estimate of drug-likeness (QED) is 0.831. The van der Waals surface area contributed by atoms with Crippen LogP contribution in [-0.2, 0) is 6.54 Å². The average Bonchev–Trinajstić information content (AvgIpc) is 2.78. The minimum atomic E-state index is -2.39. The third-order valence-electron chi connectivity index (χ3n) is 2.38. The van der Waals surface area contributed by atoms with E-state index in [-0.39, 0.29) is 0 Å². The maximum Gasteiger partial charge on any atom is 0.288 e. The molecule has 0 fully saturated rings. The molecule has 18 heavy (non-hydrogen) atoms. The van der Waals surface area contributed by atoms with Crippen molar-refractivity contribution in [2.75, 3.05) is 7.05 Å². The van der Waals surface area contributed by atoms with Gasteiger partial charge in [-0.25, -0.2) is 0 Å². The van der Waals surface area contributed by atoms with Gasteiger partial charge in [-0.15, -0.1) is 0 Å². The maximum atomic E-state index is 12.2. The topological polar surface area (TPSA) is 25.2 Å². The Labute approximate surface area is 108 Å². The summed E-state index contributed by atoms with van der Waals surface area (Å²) in [7, 11) is 1.85. The van der Waals surface area contributed by atoms with Gasteiger partial charge in [0.1, 0.15) is 11.5 Å². The molecule has 2 rings (SSSR count). The van der Waals surface area contributed by atoms with Crippen LogP contribution in [0, 0.1) is 0 Å². The Morgan fingerprint density at radius 2 is 1.89 bits per heavy atom. The lowest BCUT2D eigenvalue weighted by atomic mass is 10.2. The van der Waals surface area contributed by atoms with Gasteiger partial charge in [-0.05, 0) is 31.3 Å². The predicted octanol–water partition coefficient (Wildman–Crippen LogP) is 3.98. The number of hydrogen-bond acceptors (Lipinski definition) is 3. The van der Waals surface area contributed by atoms with Crippen molar-refractivity contribution in [3.05, 3.63) is 42.2 Å². The maximum absolute atomic E-state index is 12.2. The lowest BCUT2D eigenvalue weighted by Crippen LogP contribution is -2.03. The molecule has 1 heterocycles. The Kier molecular flexibility index (Phi) is 4.38. The monoisotopic (exact) mass is 269 g/mol. The molecule has 0 saturated heterocycles. The highest BCUT2D eigenvalue weighted by Crippen LogP contribution is 2.28. The van der Waals surface area contributed by atoms with E-state index in [1.807, 2.05) is 19.2 Å². The summed E-state index contributed by atoms with van der Waals surface area (Å²) >= 11 is 0.542. The van der Waals surface area contributed by atoms with Gasteiger partial charge in [-0.3, -0.25) is 0 Å². The molecule has 0 amide bonds. The molecule has 0 aliphatic rings. The minimum Gasteiger partial charge on any atom is -0.460 e. The molecule has 0 unspecified atom stereocenters. The van der Waals surface area contributed by atoms with Gasteiger partial charge >= 0.3 is 0 Å². The normalized spacial score (nSPS) is 11.1. The number of nitrogens with one attached hydrogen (secondary N) is 1. The zero-order valence-corrected chi connectivity index (χ0v) is 10.6. The fraction of sp³-hybridized carbons (Fsp3) is 0.231. The summed E-state index contributed by atoms with van der Waals surface area (Å²) in [6.07, 6.45) is 0. The molecule has 5 heteroatoms. The van der Waals surface area contributed by atoms with E-state index in [0.29, 0.717) is 23.2 Å². The molecule has 0 spiro atoms. The van der Waals surface area contributed by atoms with Crippen molar-refractivity contribution in [1.29, 1.82) is 0 Å². The number of halogens is 2. The van der Waals surface area contributed by atoms with Crippen molar-refractivity contribution in [1.82, 2.24) is 5.32 Å². The van der Waals surface area contributed by atoms with E-state index < -0.39 is 5.76 Å². The second-order valence-electron chi connectivity index (χ2n) is 3.70. The Balaban J connectivity index is 2.12. The predicted molar refractivity (Wildman–Crippen MR) is 68.8 cm³/mol. The third kappa shape index (κ3) is 3.34. The van der Waals surface area contributed by atoms with Crippen molar-refractivity contribution in [3.8, 4) is 11.3 Å². The van der Waals surface area contributed by atoms with Crippen LogP contribution in [0.2, 0.25) is 0 Å². The molecule has 2 aromatic rings. The van der Waals surface area contributed by atoms with Crippen molar-refractivity contribution < 1.29 is 13.2 Å². The number of benzene rings is 1. The van der Waals surface area contributed by atoms with Crippen molar-refractivity contribution >= 4 is 11.8 Å². The minimum absolute atomic E-state index is 0.542. The van der Waals surface area contributed by atoms with Crippen molar-refractivity contribution in [2.45, 2.75) is 17.2 Å². The molecule has 0 aliphatic carbocycles. The van der Waals surface area contributed by atoms with Gasteiger partial charge in [-0.2, -0.15) is 8.78 Å². The zero-order chi connectivity index (χ0) is 13.0. The molecule has 1 N–H and O–H groups in total. The van der Waals surface area contributed by atoms with Crippen LogP contribution in [0.15, 0.2) is 45.7 Å². The molecule has 2 nitrogen and oxygen atoms in total. The van der Waals surface area contributed by atoms with Crippen LogP contribution < -0.4 is 5.32 Å². The smallest absolute Gasteiger partial charge is 0.288 e. The van der Waals surface area contributed by atoms with E-state index in [1.54, 1.807) is 24.3 Å². The first kappa shape index (κ1) is 13.1. The van der Waals surface area contributed by atoms with Gasteiger partial charge in [0, 0.05) is 10.5 Å². The highest BCUT2D eigenvalue weighted by Gasteiger charge is 2.07. The van der Waals surface area contributed by atoms with Crippen LogP contribution in [-0.4, -0.2) is 12.8 Å². The molecular formula is C13H13F2NOS. The first-order valence-corrected chi connectivity index (χ1v) is 6.35. The van der Waals surface area contributed by atoms with Crippen LogP contribution in [0.25, 0.3) is 11.3 Å². The molecule has 0 radical (unpaired) electrons. The first-order chi connectivity index (χ1) is 8.69. The van der Waals surface area contributed by atoms with Gasteiger partial charge in [0.2, 0.25) is 0 Å². The van der Waals surface area contributed by atoms with Crippen molar-refractivity contribution in [2.24, 2.45) is 0 Å². The standard InChI is InChI=1S/C13H13F2NOS/c1-16-8-10-4-7-12(17-10)9-2-5-11(6-3-9)18-13(14)15/h2-7,13,16H,8H2,1H3. The summed E-state index contributed by atoms with van der Waals surface area (Å²) in [5.74, 6) is -0.797. The van der Waals surface area contributed by atoms with Crippen LogP contribution in [0.5, 0.6) is 0 Å². The first-order valence-electron chi connectivity index (χ1n) is 5.47. The molecule has 0 bridgehead atoms. The highest BCUT2D eigenvalue weighted by molar-refractivity contribution is 7.99. The summed E-state index contributed by atoms with van der Waals surface area (Å²) in [5.41, 5.74) is 0.885. The average molecular weight is 269 g/mol. The SMILES string of the molecule is CNCc1ccc(-c2ccc(SC(F)F)cc2)o1. The van der Waals surface area contributed by atoms with Crippen molar-refractivity contribution in [3.63, 3.8) is 0 Å². The number of thioether (sulfide) groups is 1. The van der Waals surface area contributed by atoms with E-state index in [4.69, 9.17) is 4.42 Å². The van der Waals surface area contributed by atoms with Gasteiger partial charge in [0.25, 0.3) is 5.76 Å². The fourth-order valence-electron chi connectivity index (χ4n) is 1.60. The Morgan fingerprint density at radius 1 is 1.17 bits per heavy atom. The van der Waals surface area contributed by atoms with E-state index in [1.165, 1.54) is 0 Å². The number of furan rings is 1. The fourth-order valence-corrected chi connectivity index (χ4v) is 2.10. The van der Waals surface area contributed by atoms with E-state index in [2.05, 4.69) is 5.32 Å². The van der Waals surface area contributed by atoms with Crippen LogP contribution in [0.3, 0.4) is 0 Å². The lowest BCUT2D eigenvalue weighted by Gasteiger charge is -2.01. The summed E-state index contributed by atoms with van der Waals surface area (Å²) < 4.78 is 30.0. The largest absolute Gasteiger partial charge is 0.460 e. The molecule has 96 valence electrons. The summed E-state index contributed by atoms with van der Waals surface area (Å²) in [5, 5.41) is 3.00. The number of hydrogen-bond donors (Lipinski definition) is 1. The van der Waals surface area contributed by atoms with Crippen LogP contribution in [0.4, 0.5) is 8.78 Å². The lowest BCUT2D eigenvalue weighted by molar-refractivity contribution is 0.252. The molecule has 0 saturated carbocycles. The van der Waals surface area contributed by atoms with Gasteiger partial charge in [-0.1, -0.05) is 23.9 Å². The highest BCUT2D eigenvalue weighted by atomic mass is 32.2. The summed E-state index contributed by atoms with van der Waals surface area (Å²) in [4.78, 5) is 0.552. The van der Waals surface area contributed by atoms with Gasteiger partial charge in [0.05, 0.1) is 6.54 Å². The second-order valence-corrected chi connectivity index (χ2v) is 4.76. The number of alkyl halides is 2.